The van der Waals surface area contributed by atoms with Crippen molar-refractivity contribution in [3.05, 3.63) is 23.8 Å². The molecule has 0 aromatic carbocycles. The van der Waals surface area contributed by atoms with Crippen LogP contribution in [-0.4, -0.2) is 27.0 Å². The monoisotopic (exact) mass is 263 g/mol. The molecule has 0 amide bonds. The minimum absolute atomic E-state index is 0.358. The third-order valence-corrected chi connectivity index (χ3v) is 3.04. The number of hydrogen-bond acceptors (Lipinski definition) is 7. The van der Waals surface area contributed by atoms with E-state index in [4.69, 9.17) is 10.5 Å². The fraction of sp³-hybridized carbons (Fsp3) is 0.273. The van der Waals surface area contributed by atoms with E-state index in [2.05, 4.69) is 19.9 Å². The second-order valence-corrected chi connectivity index (χ2v) is 4.59. The van der Waals surface area contributed by atoms with Crippen molar-refractivity contribution in [1.82, 2.24) is 19.9 Å². The molecule has 7 heteroatoms. The Bertz CT molecular complexity index is 555. The Morgan fingerprint density at radius 1 is 1.17 bits per heavy atom. The number of hydrogen-bond donors (Lipinski definition) is 1. The van der Waals surface area contributed by atoms with Gasteiger partial charge < -0.3 is 10.5 Å². The van der Waals surface area contributed by atoms with Gasteiger partial charge in [0.1, 0.15) is 17.0 Å². The molecule has 6 nitrogen and oxygen atoms in total. The summed E-state index contributed by atoms with van der Waals surface area (Å²) in [5.74, 6) is 0.358. The molecule has 2 aromatic rings. The summed E-state index contributed by atoms with van der Waals surface area (Å²) in [6.45, 7) is 3.84. The molecule has 0 aliphatic carbocycles. The van der Waals surface area contributed by atoms with Gasteiger partial charge in [-0.1, -0.05) is 0 Å². The SMILES string of the molecule is COc1ncnc(Sc2nc(C)cc(C)n2)c1N. The molecule has 2 heterocycles. The Kier molecular flexibility index (Phi) is 3.61. The molecule has 2 aromatic heterocycles. The first-order valence-electron chi connectivity index (χ1n) is 5.24. The summed E-state index contributed by atoms with van der Waals surface area (Å²) in [7, 11) is 1.51. The lowest BCUT2D eigenvalue weighted by Gasteiger charge is -2.07. The summed E-state index contributed by atoms with van der Waals surface area (Å²) in [6, 6.07) is 1.91. The number of anilines is 1. The van der Waals surface area contributed by atoms with Gasteiger partial charge in [0.15, 0.2) is 5.16 Å². The third kappa shape index (κ3) is 2.67. The predicted molar refractivity (Wildman–Crippen MR) is 68.6 cm³/mol. The molecule has 94 valence electrons. The summed E-state index contributed by atoms with van der Waals surface area (Å²) in [5.41, 5.74) is 8.10. The van der Waals surface area contributed by atoms with Gasteiger partial charge >= 0.3 is 0 Å². The van der Waals surface area contributed by atoms with Crippen molar-refractivity contribution in [2.75, 3.05) is 12.8 Å². The number of methoxy groups -OCH3 is 1. The van der Waals surface area contributed by atoms with Gasteiger partial charge in [-0.25, -0.2) is 15.0 Å². The highest BCUT2D eigenvalue weighted by Gasteiger charge is 2.11. The van der Waals surface area contributed by atoms with Crippen LogP contribution >= 0.6 is 11.8 Å². The maximum atomic E-state index is 5.89. The van der Waals surface area contributed by atoms with Crippen molar-refractivity contribution in [2.24, 2.45) is 0 Å². The quantitative estimate of drug-likeness (QED) is 0.665. The second-order valence-electron chi connectivity index (χ2n) is 3.64. The summed E-state index contributed by atoms with van der Waals surface area (Å²) in [6.07, 6.45) is 1.40. The molecule has 0 saturated heterocycles. The van der Waals surface area contributed by atoms with Gasteiger partial charge in [-0.05, 0) is 31.7 Å². The molecule has 18 heavy (non-hydrogen) atoms. The number of nitrogens with zero attached hydrogens (tertiary/aromatic N) is 4. The zero-order valence-electron chi connectivity index (χ0n) is 10.3. The van der Waals surface area contributed by atoms with E-state index in [1.807, 2.05) is 19.9 Å². The van der Waals surface area contributed by atoms with Crippen LogP contribution in [0.4, 0.5) is 5.69 Å². The first kappa shape index (κ1) is 12.6. The van der Waals surface area contributed by atoms with E-state index in [9.17, 15) is 0 Å². The Balaban J connectivity index is 2.34. The molecule has 0 saturated carbocycles. The number of nitrogen functional groups attached to an aromatic ring is 1. The first-order chi connectivity index (χ1) is 8.60. The van der Waals surface area contributed by atoms with Crippen LogP contribution in [0.25, 0.3) is 0 Å². The van der Waals surface area contributed by atoms with Crippen LogP contribution in [0.2, 0.25) is 0 Å². The highest BCUT2D eigenvalue weighted by molar-refractivity contribution is 7.99. The minimum Gasteiger partial charge on any atom is -0.479 e. The maximum absolute atomic E-state index is 5.89. The molecule has 0 unspecified atom stereocenters. The van der Waals surface area contributed by atoms with Crippen molar-refractivity contribution in [3.8, 4) is 5.88 Å². The van der Waals surface area contributed by atoms with E-state index in [0.717, 1.165) is 11.4 Å². The highest BCUT2D eigenvalue weighted by atomic mass is 32.2. The minimum atomic E-state index is 0.358. The average Bonchev–Trinajstić information content (AvgIpc) is 2.30. The molecule has 0 aliphatic heterocycles. The van der Waals surface area contributed by atoms with E-state index in [-0.39, 0.29) is 0 Å². The maximum Gasteiger partial charge on any atom is 0.241 e. The molecule has 2 rings (SSSR count). The molecule has 0 bridgehead atoms. The van der Waals surface area contributed by atoms with E-state index in [1.165, 1.54) is 25.2 Å². The van der Waals surface area contributed by atoms with E-state index >= 15 is 0 Å². The number of rotatable bonds is 3. The molecule has 0 aliphatic rings. The van der Waals surface area contributed by atoms with Crippen molar-refractivity contribution in [2.45, 2.75) is 24.0 Å². The van der Waals surface area contributed by atoms with Crippen LogP contribution in [0.3, 0.4) is 0 Å². The van der Waals surface area contributed by atoms with E-state index in [1.54, 1.807) is 0 Å². The number of aromatic nitrogens is 4. The van der Waals surface area contributed by atoms with Gasteiger partial charge in [-0.3, -0.25) is 0 Å². The summed E-state index contributed by atoms with van der Waals surface area (Å²) in [4.78, 5) is 16.7. The van der Waals surface area contributed by atoms with Crippen LogP contribution in [0.15, 0.2) is 22.6 Å². The predicted octanol–water partition coefficient (Wildman–Crippen LogP) is 1.63. The topological polar surface area (TPSA) is 86.8 Å². The third-order valence-electron chi connectivity index (χ3n) is 2.15. The summed E-state index contributed by atoms with van der Waals surface area (Å²) >= 11 is 1.29. The Hall–Kier alpha value is -1.89. The van der Waals surface area contributed by atoms with Crippen LogP contribution in [0.5, 0.6) is 5.88 Å². The Morgan fingerprint density at radius 2 is 1.83 bits per heavy atom. The van der Waals surface area contributed by atoms with Gasteiger partial charge in [-0.2, -0.15) is 4.98 Å². The van der Waals surface area contributed by atoms with Crippen molar-refractivity contribution in [1.29, 1.82) is 0 Å². The first-order valence-corrected chi connectivity index (χ1v) is 6.06. The molecule has 0 radical (unpaired) electrons. The molecular formula is C11H13N5OS. The fourth-order valence-electron chi connectivity index (χ4n) is 1.43. The van der Waals surface area contributed by atoms with Crippen molar-refractivity contribution in [3.63, 3.8) is 0 Å². The van der Waals surface area contributed by atoms with Crippen LogP contribution in [0, 0.1) is 13.8 Å². The van der Waals surface area contributed by atoms with E-state index in [0.29, 0.717) is 21.7 Å². The van der Waals surface area contributed by atoms with Gasteiger partial charge in [0.05, 0.1) is 7.11 Å². The zero-order valence-corrected chi connectivity index (χ0v) is 11.2. The Labute approximate surface area is 109 Å². The average molecular weight is 263 g/mol. The molecular weight excluding hydrogens is 250 g/mol. The van der Waals surface area contributed by atoms with Gasteiger partial charge in [-0.15, -0.1) is 0 Å². The highest BCUT2D eigenvalue weighted by Crippen LogP contribution is 2.31. The Morgan fingerprint density at radius 3 is 2.44 bits per heavy atom. The molecule has 0 spiro atoms. The van der Waals surface area contributed by atoms with Crippen LogP contribution in [0.1, 0.15) is 11.4 Å². The lowest BCUT2D eigenvalue weighted by molar-refractivity contribution is 0.397. The zero-order chi connectivity index (χ0) is 13.1. The standard InChI is InChI=1S/C11H13N5OS/c1-6-4-7(2)16-11(15-6)18-10-8(12)9(17-3)13-5-14-10/h4-5H,12H2,1-3H3. The largest absolute Gasteiger partial charge is 0.479 e. The molecule has 0 atom stereocenters. The van der Waals surface area contributed by atoms with E-state index < -0.39 is 0 Å². The second kappa shape index (κ2) is 5.18. The fourth-order valence-corrected chi connectivity index (χ4v) is 2.28. The number of aryl methyl sites for hydroxylation is 2. The van der Waals surface area contributed by atoms with Gasteiger partial charge in [0.25, 0.3) is 0 Å². The number of nitrogens with two attached hydrogens (primary N) is 1. The van der Waals surface area contributed by atoms with Gasteiger partial charge in [0, 0.05) is 11.4 Å². The summed E-state index contributed by atoms with van der Waals surface area (Å²) < 4.78 is 5.04. The van der Waals surface area contributed by atoms with Crippen LogP contribution < -0.4 is 10.5 Å². The molecule has 0 fully saturated rings. The van der Waals surface area contributed by atoms with Gasteiger partial charge in [0.2, 0.25) is 5.88 Å². The lowest BCUT2D eigenvalue weighted by Crippen LogP contribution is -2.00. The van der Waals surface area contributed by atoms with Crippen LogP contribution in [-0.2, 0) is 0 Å². The summed E-state index contributed by atoms with van der Waals surface area (Å²) in [5, 5.41) is 1.20. The molecule has 2 N–H and O–H groups in total. The van der Waals surface area contributed by atoms with Crippen molar-refractivity contribution < 1.29 is 4.74 Å². The number of ether oxygens (including phenoxy) is 1. The smallest absolute Gasteiger partial charge is 0.241 e. The lowest BCUT2D eigenvalue weighted by atomic mass is 10.4. The van der Waals surface area contributed by atoms with Crippen molar-refractivity contribution >= 4 is 17.4 Å². The normalized spacial score (nSPS) is 10.4.